The molecule has 2 bridgehead atoms. The monoisotopic (exact) mass is 239 g/mol. The first-order valence-corrected chi connectivity index (χ1v) is 5.88. The molecule has 2 heterocycles. The molecule has 94 valence electrons. The van der Waals surface area contributed by atoms with Gasteiger partial charge in [-0.05, 0) is 24.7 Å². The van der Waals surface area contributed by atoms with E-state index in [1.165, 1.54) is 6.08 Å². The summed E-state index contributed by atoms with van der Waals surface area (Å²) in [6.07, 6.45) is 3.16. The molecule has 0 spiro atoms. The predicted molar refractivity (Wildman–Crippen MR) is 60.5 cm³/mol. The summed E-state index contributed by atoms with van der Waals surface area (Å²) < 4.78 is 5.00. The van der Waals surface area contributed by atoms with Crippen molar-refractivity contribution in [2.75, 3.05) is 13.2 Å². The predicted octanol–water partition coefficient (Wildman–Crippen LogP) is 1.49. The Morgan fingerprint density at radius 2 is 2.18 bits per heavy atom. The minimum atomic E-state index is -0.792. The van der Waals surface area contributed by atoms with Crippen LogP contribution in [0.25, 0.3) is 0 Å². The lowest BCUT2D eigenvalue weighted by molar-refractivity contribution is -0.141. The van der Waals surface area contributed by atoms with Crippen LogP contribution in [0.15, 0.2) is 12.7 Å². The highest BCUT2D eigenvalue weighted by Crippen LogP contribution is 2.44. The largest absolute Gasteiger partial charge is 0.481 e. The van der Waals surface area contributed by atoms with Crippen molar-refractivity contribution >= 4 is 12.1 Å². The molecule has 2 aliphatic heterocycles. The smallest absolute Gasteiger partial charge is 0.410 e. The van der Waals surface area contributed by atoms with Gasteiger partial charge in [-0.3, -0.25) is 4.79 Å². The third kappa shape index (κ3) is 2.43. The van der Waals surface area contributed by atoms with Gasteiger partial charge in [0.05, 0.1) is 6.42 Å². The molecule has 1 atom stereocenters. The van der Waals surface area contributed by atoms with E-state index in [-0.39, 0.29) is 31.1 Å². The van der Waals surface area contributed by atoms with E-state index >= 15 is 0 Å². The molecule has 0 radical (unpaired) electrons. The van der Waals surface area contributed by atoms with E-state index in [2.05, 4.69) is 6.58 Å². The zero-order chi connectivity index (χ0) is 12.4. The van der Waals surface area contributed by atoms with Gasteiger partial charge in [0.1, 0.15) is 6.61 Å². The van der Waals surface area contributed by atoms with Gasteiger partial charge in [0.15, 0.2) is 0 Å². The summed E-state index contributed by atoms with van der Waals surface area (Å²) in [7, 11) is 0. The Labute approximate surface area is 100 Å². The third-order valence-electron chi connectivity index (χ3n) is 3.68. The number of ether oxygens (including phenoxy) is 1. The number of carboxylic acids is 1. The Balaban J connectivity index is 1.92. The van der Waals surface area contributed by atoms with Crippen LogP contribution in [0, 0.1) is 11.8 Å². The second-order valence-corrected chi connectivity index (χ2v) is 4.76. The molecule has 0 aromatic carbocycles. The van der Waals surface area contributed by atoms with Crippen LogP contribution in [-0.2, 0) is 9.53 Å². The number of piperidine rings is 2. The first kappa shape index (κ1) is 12.0. The van der Waals surface area contributed by atoms with Gasteiger partial charge in [0, 0.05) is 12.6 Å². The van der Waals surface area contributed by atoms with Crippen LogP contribution < -0.4 is 0 Å². The maximum absolute atomic E-state index is 11.7. The van der Waals surface area contributed by atoms with Crippen molar-refractivity contribution in [3.63, 3.8) is 0 Å². The highest BCUT2D eigenvalue weighted by atomic mass is 16.6. The molecular formula is C12H17NO4. The first-order chi connectivity index (χ1) is 8.11. The van der Waals surface area contributed by atoms with Crippen molar-refractivity contribution < 1.29 is 19.4 Å². The standard InChI is InChI=1S/C12H17NO4/c1-2-3-17-12(16)13-7-9(6-11(14)15)8-4-10(13)5-8/h2,8-10H,1,3-7H2,(H,14,15). The Kier molecular flexibility index (Phi) is 3.36. The zero-order valence-electron chi connectivity index (χ0n) is 9.67. The van der Waals surface area contributed by atoms with Crippen molar-refractivity contribution in [2.45, 2.75) is 25.3 Å². The fraction of sp³-hybridized carbons (Fsp3) is 0.667. The molecule has 3 rings (SSSR count). The summed E-state index contributed by atoms with van der Waals surface area (Å²) in [5, 5.41) is 8.82. The number of nitrogens with zero attached hydrogens (tertiary/aromatic N) is 1. The van der Waals surface area contributed by atoms with Gasteiger partial charge in [0.2, 0.25) is 0 Å². The maximum Gasteiger partial charge on any atom is 0.410 e. The van der Waals surface area contributed by atoms with Crippen molar-refractivity contribution in [3.8, 4) is 0 Å². The number of amides is 1. The second kappa shape index (κ2) is 4.77. The summed E-state index contributed by atoms with van der Waals surface area (Å²) >= 11 is 0. The van der Waals surface area contributed by atoms with Crippen LogP contribution in [0.3, 0.4) is 0 Å². The van der Waals surface area contributed by atoms with E-state index in [0.29, 0.717) is 12.5 Å². The van der Waals surface area contributed by atoms with Crippen LogP contribution in [0.5, 0.6) is 0 Å². The molecular weight excluding hydrogens is 222 g/mol. The van der Waals surface area contributed by atoms with Gasteiger partial charge in [-0.25, -0.2) is 4.79 Å². The van der Waals surface area contributed by atoms with Crippen LogP contribution in [0.1, 0.15) is 19.3 Å². The molecule has 0 aromatic heterocycles. The molecule has 5 heteroatoms. The fourth-order valence-electron chi connectivity index (χ4n) is 2.71. The van der Waals surface area contributed by atoms with Crippen molar-refractivity contribution in [1.29, 1.82) is 0 Å². The molecule has 1 aliphatic carbocycles. The lowest BCUT2D eigenvalue weighted by atomic mass is 9.66. The summed E-state index contributed by atoms with van der Waals surface area (Å²) in [6.45, 7) is 4.20. The van der Waals surface area contributed by atoms with E-state index in [4.69, 9.17) is 9.84 Å². The Morgan fingerprint density at radius 1 is 1.47 bits per heavy atom. The highest BCUT2D eigenvalue weighted by molar-refractivity contribution is 5.70. The molecule has 1 N–H and O–H groups in total. The number of rotatable bonds is 4. The SMILES string of the molecule is C=CCOC(=O)N1CC(CC(=O)O)C2CC1C2. The van der Waals surface area contributed by atoms with E-state index < -0.39 is 5.97 Å². The molecule has 5 nitrogen and oxygen atoms in total. The minimum absolute atomic E-state index is 0.0776. The van der Waals surface area contributed by atoms with E-state index in [9.17, 15) is 9.59 Å². The lowest BCUT2D eigenvalue weighted by Crippen LogP contribution is -2.58. The summed E-state index contributed by atoms with van der Waals surface area (Å²) in [5.74, 6) is -0.243. The molecule has 17 heavy (non-hydrogen) atoms. The fourth-order valence-corrected chi connectivity index (χ4v) is 2.71. The number of fused-ring (bicyclic) bond motifs is 2. The number of carbonyl (C=O) groups excluding carboxylic acids is 1. The summed E-state index contributed by atoms with van der Waals surface area (Å²) in [6, 6.07) is 0.252. The molecule has 0 aromatic rings. The van der Waals surface area contributed by atoms with Crippen LogP contribution in [-0.4, -0.2) is 41.3 Å². The topological polar surface area (TPSA) is 66.8 Å². The first-order valence-electron chi connectivity index (χ1n) is 5.88. The van der Waals surface area contributed by atoms with Crippen molar-refractivity contribution in [1.82, 2.24) is 4.90 Å². The molecule has 1 unspecified atom stereocenters. The molecule has 3 aliphatic rings. The van der Waals surface area contributed by atoms with Gasteiger partial charge in [-0.1, -0.05) is 12.7 Å². The Morgan fingerprint density at radius 3 is 2.76 bits per heavy atom. The number of hydrogen-bond acceptors (Lipinski definition) is 3. The van der Waals surface area contributed by atoms with E-state index in [1.54, 1.807) is 4.90 Å². The van der Waals surface area contributed by atoms with Gasteiger partial charge in [-0.15, -0.1) is 0 Å². The molecule has 1 amide bonds. The minimum Gasteiger partial charge on any atom is -0.481 e. The Bertz CT molecular complexity index is 335. The molecule has 3 fully saturated rings. The summed E-state index contributed by atoms with van der Waals surface area (Å²) in [4.78, 5) is 24.1. The number of carboxylic acid groups (broad SMARTS) is 1. The molecule has 2 saturated heterocycles. The third-order valence-corrected chi connectivity index (χ3v) is 3.68. The normalized spacial score (nSPS) is 30.4. The zero-order valence-corrected chi connectivity index (χ0v) is 9.67. The van der Waals surface area contributed by atoms with Crippen LogP contribution >= 0.6 is 0 Å². The average molecular weight is 239 g/mol. The van der Waals surface area contributed by atoms with Crippen LogP contribution in [0.4, 0.5) is 4.79 Å². The quantitative estimate of drug-likeness (QED) is 0.755. The Hall–Kier alpha value is -1.52. The lowest BCUT2D eigenvalue weighted by Gasteiger charge is -2.52. The van der Waals surface area contributed by atoms with Gasteiger partial charge < -0.3 is 14.7 Å². The number of aliphatic carboxylic acids is 1. The van der Waals surface area contributed by atoms with E-state index in [1.807, 2.05) is 0 Å². The van der Waals surface area contributed by atoms with Crippen molar-refractivity contribution in [2.24, 2.45) is 11.8 Å². The van der Waals surface area contributed by atoms with E-state index in [0.717, 1.165) is 12.8 Å². The number of carbonyl (C=O) groups is 2. The van der Waals surface area contributed by atoms with Gasteiger partial charge in [-0.2, -0.15) is 0 Å². The van der Waals surface area contributed by atoms with Crippen molar-refractivity contribution in [3.05, 3.63) is 12.7 Å². The second-order valence-electron chi connectivity index (χ2n) is 4.76. The van der Waals surface area contributed by atoms with Gasteiger partial charge >= 0.3 is 12.1 Å². The average Bonchev–Trinajstić information content (AvgIpc) is 2.22. The van der Waals surface area contributed by atoms with Crippen LogP contribution in [0.2, 0.25) is 0 Å². The summed E-state index contributed by atoms with van der Waals surface area (Å²) in [5.41, 5.74) is 0. The number of hydrogen-bond donors (Lipinski definition) is 1. The van der Waals surface area contributed by atoms with Gasteiger partial charge in [0.25, 0.3) is 0 Å². The highest BCUT2D eigenvalue weighted by Gasteiger charge is 2.47. The molecule has 1 saturated carbocycles. The maximum atomic E-state index is 11.7.